The first kappa shape index (κ1) is 13.3. The molecule has 2 saturated heterocycles. The fourth-order valence-corrected chi connectivity index (χ4v) is 2.60. The van der Waals surface area contributed by atoms with Gasteiger partial charge in [-0.25, -0.2) is 4.39 Å². The van der Waals surface area contributed by atoms with Crippen molar-refractivity contribution >= 4 is 5.97 Å². The van der Waals surface area contributed by atoms with Crippen LogP contribution in [0.5, 0.6) is 5.75 Å². The van der Waals surface area contributed by atoms with Crippen LogP contribution < -0.4 is 4.74 Å². The lowest BCUT2D eigenvalue weighted by molar-refractivity contribution is -0.208. The van der Waals surface area contributed by atoms with Crippen molar-refractivity contribution in [2.75, 3.05) is 13.7 Å². The third-order valence-corrected chi connectivity index (χ3v) is 3.59. The molecule has 5 nitrogen and oxygen atoms in total. The number of fused-ring (bicyclic) bond motifs is 1. The van der Waals surface area contributed by atoms with Gasteiger partial charge in [-0.2, -0.15) is 0 Å². The molecule has 0 saturated carbocycles. The van der Waals surface area contributed by atoms with Crippen LogP contribution in [0.15, 0.2) is 24.3 Å². The zero-order valence-electron chi connectivity index (χ0n) is 11.0. The Morgan fingerprint density at radius 2 is 2.15 bits per heavy atom. The van der Waals surface area contributed by atoms with Crippen molar-refractivity contribution in [3.05, 3.63) is 30.1 Å². The second-order valence-corrected chi connectivity index (χ2v) is 4.91. The maximum absolute atomic E-state index is 12.8. The Labute approximate surface area is 115 Å². The molecule has 2 fully saturated rings. The molecule has 3 rings (SSSR count). The molecule has 2 unspecified atom stereocenters. The minimum atomic E-state index is -0.978. The van der Waals surface area contributed by atoms with Gasteiger partial charge in [0.15, 0.2) is 0 Å². The Kier molecular flexibility index (Phi) is 3.35. The van der Waals surface area contributed by atoms with Gasteiger partial charge in [-0.3, -0.25) is 4.79 Å². The minimum Gasteiger partial charge on any atom is -0.491 e. The average Bonchev–Trinajstić information content (AvgIpc) is 2.90. The van der Waals surface area contributed by atoms with E-state index in [9.17, 15) is 9.18 Å². The molecule has 0 aliphatic carbocycles. The van der Waals surface area contributed by atoms with Crippen molar-refractivity contribution in [2.45, 2.75) is 30.8 Å². The summed E-state index contributed by atoms with van der Waals surface area (Å²) in [6, 6.07) is 5.77. The van der Waals surface area contributed by atoms with E-state index in [1.165, 1.54) is 19.2 Å². The summed E-state index contributed by atoms with van der Waals surface area (Å²) in [7, 11) is 1.50. The summed E-state index contributed by atoms with van der Waals surface area (Å²) in [5.74, 6) is -1.03. The van der Waals surface area contributed by atoms with Crippen molar-refractivity contribution < 1.29 is 28.1 Å². The van der Waals surface area contributed by atoms with Crippen molar-refractivity contribution in [3.8, 4) is 5.75 Å². The number of halogens is 1. The average molecular weight is 282 g/mol. The van der Waals surface area contributed by atoms with Crippen molar-refractivity contribution in [2.24, 2.45) is 0 Å². The van der Waals surface area contributed by atoms with Crippen LogP contribution in [0.2, 0.25) is 0 Å². The quantitative estimate of drug-likeness (QED) is 0.786. The standard InChI is InChI=1S/C14H15FO5/c1-17-14-7-11(19-12(14)6-13(16)20-14)8-18-10-4-2-9(15)3-5-10/h2-5,11-12H,6-8H2,1H3/t11-,12?,14?/m0/s1. The van der Waals surface area contributed by atoms with Crippen molar-refractivity contribution in [3.63, 3.8) is 0 Å². The Bertz CT molecular complexity index is 503. The van der Waals surface area contributed by atoms with Gasteiger partial charge < -0.3 is 18.9 Å². The van der Waals surface area contributed by atoms with Gasteiger partial charge in [0.2, 0.25) is 5.79 Å². The zero-order chi connectivity index (χ0) is 14.2. The van der Waals surface area contributed by atoms with E-state index in [0.29, 0.717) is 18.8 Å². The van der Waals surface area contributed by atoms with E-state index in [1.807, 2.05) is 0 Å². The predicted octanol–water partition coefficient (Wildman–Crippen LogP) is 1.65. The van der Waals surface area contributed by atoms with E-state index in [-0.39, 0.29) is 30.4 Å². The fraction of sp³-hybridized carbons (Fsp3) is 0.500. The normalized spacial score (nSPS) is 32.0. The highest BCUT2D eigenvalue weighted by Crippen LogP contribution is 2.41. The molecule has 0 radical (unpaired) electrons. The SMILES string of the molecule is COC12C[C@@H](COc3ccc(F)cc3)OC1CC(=O)O2. The lowest BCUT2D eigenvalue weighted by Crippen LogP contribution is -2.37. The molecule has 108 valence electrons. The number of carbonyl (C=O) groups excluding carboxylic acids is 1. The molecule has 0 N–H and O–H groups in total. The summed E-state index contributed by atoms with van der Waals surface area (Å²) in [6.07, 6.45) is 0.0158. The maximum atomic E-state index is 12.8. The second kappa shape index (κ2) is 5.03. The molecule has 2 aliphatic rings. The van der Waals surface area contributed by atoms with Gasteiger partial charge >= 0.3 is 5.97 Å². The van der Waals surface area contributed by atoms with E-state index in [1.54, 1.807) is 12.1 Å². The lowest BCUT2D eigenvalue weighted by atomic mass is 10.1. The summed E-state index contributed by atoms with van der Waals surface area (Å²) in [4.78, 5) is 11.3. The molecule has 0 bridgehead atoms. The maximum Gasteiger partial charge on any atom is 0.311 e. The largest absolute Gasteiger partial charge is 0.491 e. The summed E-state index contributed by atoms with van der Waals surface area (Å²) in [5.41, 5.74) is 0. The molecule has 1 aromatic rings. The first-order valence-corrected chi connectivity index (χ1v) is 6.42. The summed E-state index contributed by atoms with van der Waals surface area (Å²) in [5, 5.41) is 0. The molecule has 6 heteroatoms. The molecule has 3 atom stereocenters. The predicted molar refractivity (Wildman–Crippen MR) is 65.6 cm³/mol. The van der Waals surface area contributed by atoms with Gasteiger partial charge in [0.25, 0.3) is 0 Å². The van der Waals surface area contributed by atoms with Crippen LogP contribution in [0.1, 0.15) is 12.8 Å². The van der Waals surface area contributed by atoms with Crippen LogP contribution in [0, 0.1) is 5.82 Å². The van der Waals surface area contributed by atoms with Gasteiger partial charge in [-0.1, -0.05) is 0 Å². The van der Waals surface area contributed by atoms with Crippen LogP contribution >= 0.6 is 0 Å². The number of ether oxygens (including phenoxy) is 4. The molecule has 0 aromatic heterocycles. The van der Waals surface area contributed by atoms with Gasteiger partial charge in [-0.15, -0.1) is 0 Å². The third-order valence-electron chi connectivity index (χ3n) is 3.59. The molecule has 0 spiro atoms. The van der Waals surface area contributed by atoms with E-state index in [2.05, 4.69) is 0 Å². The van der Waals surface area contributed by atoms with Crippen LogP contribution in [-0.4, -0.2) is 37.7 Å². The highest BCUT2D eigenvalue weighted by atomic mass is 19.1. The molecular weight excluding hydrogens is 267 g/mol. The fourth-order valence-electron chi connectivity index (χ4n) is 2.60. The molecular formula is C14H15FO5. The Balaban J connectivity index is 1.58. The van der Waals surface area contributed by atoms with Gasteiger partial charge in [0.1, 0.15) is 24.3 Å². The van der Waals surface area contributed by atoms with Crippen LogP contribution in [-0.2, 0) is 19.0 Å². The number of hydrogen-bond donors (Lipinski definition) is 0. The Morgan fingerprint density at radius 1 is 1.40 bits per heavy atom. The number of methoxy groups -OCH3 is 1. The van der Waals surface area contributed by atoms with Crippen LogP contribution in [0.25, 0.3) is 0 Å². The monoisotopic (exact) mass is 282 g/mol. The number of esters is 1. The molecule has 2 aliphatic heterocycles. The second-order valence-electron chi connectivity index (χ2n) is 4.91. The highest BCUT2D eigenvalue weighted by molar-refractivity contribution is 5.73. The summed E-state index contributed by atoms with van der Waals surface area (Å²) in [6.45, 7) is 0.296. The van der Waals surface area contributed by atoms with Crippen LogP contribution in [0.4, 0.5) is 4.39 Å². The van der Waals surface area contributed by atoms with Gasteiger partial charge in [-0.05, 0) is 24.3 Å². The third kappa shape index (κ3) is 2.36. The molecule has 2 heterocycles. The lowest BCUT2D eigenvalue weighted by Gasteiger charge is -2.23. The van der Waals surface area contributed by atoms with E-state index in [0.717, 1.165) is 0 Å². The summed E-state index contributed by atoms with van der Waals surface area (Å²) < 4.78 is 34.6. The number of carbonyl (C=O) groups is 1. The van der Waals surface area contributed by atoms with Gasteiger partial charge in [0, 0.05) is 13.5 Å². The number of hydrogen-bond acceptors (Lipinski definition) is 5. The zero-order valence-corrected chi connectivity index (χ0v) is 11.0. The Hall–Kier alpha value is -1.66. The van der Waals surface area contributed by atoms with Crippen molar-refractivity contribution in [1.29, 1.82) is 0 Å². The molecule has 0 amide bonds. The smallest absolute Gasteiger partial charge is 0.311 e. The first-order chi connectivity index (χ1) is 9.61. The first-order valence-electron chi connectivity index (χ1n) is 6.42. The topological polar surface area (TPSA) is 54.0 Å². The van der Waals surface area contributed by atoms with E-state index in [4.69, 9.17) is 18.9 Å². The Morgan fingerprint density at radius 3 is 2.80 bits per heavy atom. The number of rotatable bonds is 4. The molecule has 20 heavy (non-hydrogen) atoms. The molecule has 1 aromatic carbocycles. The van der Waals surface area contributed by atoms with E-state index < -0.39 is 5.79 Å². The highest BCUT2D eigenvalue weighted by Gasteiger charge is 2.57. The van der Waals surface area contributed by atoms with Crippen molar-refractivity contribution in [1.82, 2.24) is 0 Å². The van der Waals surface area contributed by atoms with Crippen LogP contribution in [0.3, 0.4) is 0 Å². The van der Waals surface area contributed by atoms with Gasteiger partial charge in [0.05, 0.1) is 12.5 Å². The minimum absolute atomic E-state index is 0.195. The number of benzene rings is 1. The summed E-state index contributed by atoms with van der Waals surface area (Å²) >= 11 is 0. The van der Waals surface area contributed by atoms with E-state index >= 15 is 0 Å².